The molecule has 0 aromatic heterocycles. The Hall–Kier alpha value is -1.03. The van der Waals surface area contributed by atoms with Gasteiger partial charge in [-0.25, -0.2) is 0 Å². The third-order valence-corrected chi connectivity index (χ3v) is 5.46. The molecular weight excluding hydrogens is 316 g/mol. The summed E-state index contributed by atoms with van der Waals surface area (Å²) in [6.07, 6.45) is 5.08. The molecule has 1 amide bonds. The highest BCUT2D eigenvalue weighted by molar-refractivity contribution is 9.10. The van der Waals surface area contributed by atoms with Crippen LogP contribution in [-0.4, -0.2) is 12.5 Å². The molecule has 2 N–H and O–H groups in total. The fourth-order valence-electron chi connectivity index (χ4n) is 3.50. The van der Waals surface area contributed by atoms with E-state index in [0.717, 1.165) is 22.3 Å². The zero-order chi connectivity index (χ0) is 14.5. The second-order valence-corrected chi connectivity index (χ2v) is 7.44. The average molecular weight is 337 g/mol. The van der Waals surface area contributed by atoms with Crippen LogP contribution in [0.5, 0.6) is 0 Å². The summed E-state index contributed by atoms with van der Waals surface area (Å²) in [6, 6.07) is 3.96. The Bertz CT molecular complexity index is 562. The van der Waals surface area contributed by atoms with Crippen molar-refractivity contribution in [1.82, 2.24) is 0 Å². The molecule has 1 heterocycles. The molecule has 3 nitrogen and oxygen atoms in total. The van der Waals surface area contributed by atoms with Crippen LogP contribution in [0.25, 0.3) is 0 Å². The summed E-state index contributed by atoms with van der Waals surface area (Å²) >= 11 is 3.47. The fourth-order valence-corrected chi connectivity index (χ4v) is 3.84. The number of nitrogens with zero attached hydrogens (tertiary/aromatic N) is 1. The van der Waals surface area contributed by atoms with Crippen LogP contribution >= 0.6 is 15.9 Å². The summed E-state index contributed by atoms with van der Waals surface area (Å²) in [7, 11) is 0. The lowest BCUT2D eigenvalue weighted by Crippen LogP contribution is -2.38. The highest BCUT2D eigenvalue weighted by atomic mass is 79.9. The lowest BCUT2D eigenvalue weighted by atomic mass is 9.86. The number of anilines is 2. The smallest absolute Gasteiger partial charge is 0.237 e. The molecule has 3 rings (SSSR count). The zero-order valence-corrected chi connectivity index (χ0v) is 13.7. The molecule has 1 fully saturated rings. The largest absolute Gasteiger partial charge is 0.398 e. The molecule has 0 bridgehead atoms. The number of hydrogen-bond donors (Lipinski definition) is 1. The minimum Gasteiger partial charge on any atom is -0.398 e. The van der Waals surface area contributed by atoms with Gasteiger partial charge >= 0.3 is 0 Å². The predicted molar refractivity (Wildman–Crippen MR) is 85.9 cm³/mol. The molecule has 0 saturated heterocycles. The minimum absolute atomic E-state index is 0.205. The highest BCUT2D eigenvalue weighted by Gasteiger charge is 2.44. The number of hydrogen-bond acceptors (Lipinski definition) is 2. The number of benzene rings is 1. The Morgan fingerprint density at radius 3 is 2.65 bits per heavy atom. The lowest BCUT2D eigenvalue weighted by molar-refractivity contribution is -0.122. The van der Waals surface area contributed by atoms with Crippen LogP contribution < -0.4 is 10.6 Å². The van der Waals surface area contributed by atoms with E-state index >= 15 is 0 Å². The van der Waals surface area contributed by atoms with Crippen LogP contribution in [0.1, 0.15) is 45.1 Å². The second kappa shape index (κ2) is 4.76. The van der Waals surface area contributed by atoms with Crippen molar-refractivity contribution in [2.45, 2.75) is 44.9 Å². The third-order valence-electron chi connectivity index (χ3n) is 4.77. The standard InChI is InChI=1S/C16H21BrN2O/c1-16(2)11-7-12(17)13(18)8-14(11)19(15(16)20)9-10-5-3-4-6-10/h7-8,10H,3-6,9,18H2,1-2H3. The minimum atomic E-state index is -0.454. The molecule has 4 heteroatoms. The van der Waals surface area contributed by atoms with Crippen LogP contribution in [0.3, 0.4) is 0 Å². The van der Waals surface area contributed by atoms with Crippen molar-refractivity contribution in [2.24, 2.45) is 5.92 Å². The van der Waals surface area contributed by atoms with E-state index in [4.69, 9.17) is 5.73 Å². The normalized spacial score (nSPS) is 21.6. The first-order chi connectivity index (χ1) is 9.41. The van der Waals surface area contributed by atoms with E-state index in [1.54, 1.807) is 0 Å². The van der Waals surface area contributed by atoms with Crippen molar-refractivity contribution < 1.29 is 4.79 Å². The maximum absolute atomic E-state index is 12.8. The summed E-state index contributed by atoms with van der Waals surface area (Å²) in [5, 5.41) is 0. The van der Waals surface area contributed by atoms with E-state index in [1.807, 2.05) is 30.9 Å². The molecule has 0 radical (unpaired) electrons. The van der Waals surface area contributed by atoms with E-state index in [9.17, 15) is 4.79 Å². The number of nitrogens with two attached hydrogens (primary N) is 1. The van der Waals surface area contributed by atoms with E-state index in [2.05, 4.69) is 15.9 Å². The first-order valence-corrected chi connectivity index (χ1v) is 8.12. The SMILES string of the molecule is CC1(C)C(=O)N(CC2CCCC2)c2cc(N)c(Br)cc21. The van der Waals surface area contributed by atoms with E-state index in [1.165, 1.54) is 25.7 Å². The van der Waals surface area contributed by atoms with E-state index < -0.39 is 5.41 Å². The zero-order valence-electron chi connectivity index (χ0n) is 12.1. The Morgan fingerprint density at radius 2 is 2.00 bits per heavy atom. The number of fused-ring (bicyclic) bond motifs is 1. The number of rotatable bonds is 2. The van der Waals surface area contributed by atoms with Gasteiger partial charge < -0.3 is 10.6 Å². The summed E-state index contributed by atoms with van der Waals surface area (Å²) < 4.78 is 0.875. The number of nitrogen functional groups attached to an aromatic ring is 1. The van der Waals surface area contributed by atoms with Gasteiger partial charge in [-0.15, -0.1) is 0 Å². The van der Waals surface area contributed by atoms with Crippen molar-refractivity contribution in [3.05, 3.63) is 22.2 Å². The van der Waals surface area contributed by atoms with Crippen LogP contribution in [0.2, 0.25) is 0 Å². The Labute approximate surface area is 128 Å². The molecule has 20 heavy (non-hydrogen) atoms. The second-order valence-electron chi connectivity index (χ2n) is 6.58. The van der Waals surface area contributed by atoms with E-state index in [0.29, 0.717) is 11.6 Å². The van der Waals surface area contributed by atoms with Gasteiger partial charge in [0.1, 0.15) is 0 Å². The molecule has 1 aromatic carbocycles. The average Bonchev–Trinajstić information content (AvgIpc) is 2.95. The van der Waals surface area contributed by atoms with Gasteiger partial charge in [-0.3, -0.25) is 4.79 Å². The highest BCUT2D eigenvalue weighted by Crippen LogP contribution is 2.45. The predicted octanol–water partition coefficient (Wildman–Crippen LogP) is 3.85. The molecule has 108 valence electrons. The summed E-state index contributed by atoms with van der Waals surface area (Å²) in [5.74, 6) is 0.850. The van der Waals surface area contributed by atoms with Crippen molar-refractivity contribution in [3.63, 3.8) is 0 Å². The number of carbonyl (C=O) groups excluding carboxylic acids is 1. The molecule has 1 aliphatic heterocycles. The first kappa shape index (κ1) is 13.9. The van der Waals surface area contributed by atoms with Gasteiger partial charge in [0, 0.05) is 16.7 Å². The summed E-state index contributed by atoms with van der Waals surface area (Å²) in [5.41, 5.74) is 8.35. The topological polar surface area (TPSA) is 46.3 Å². The van der Waals surface area contributed by atoms with Crippen molar-refractivity contribution in [3.8, 4) is 0 Å². The fraction of sp³-hybridized carbons (Fsp3) is 0.562. The van der Waals surface area contributed by atoms with Gasteiger partial charge in [0.15, 0.2) is 0 Å². The van der Waals surface area contributed by atoms with E-state index in [-0.39, 0.29) is 5.91 Å². The summed E-state index contributed by atoms with van der Waals surface area (Å²) in [4.78, 5) is 14.7. The van der Waals surface area contributed by atoms with Crippen molar-refractivity contribution in [2.75, 3.05) is 17.2 Å². The van der Waals surface area contributed by atoms with Crippen LogP contribution in [0, 0.1) is 5.92 Å². The third kappa shape index (κ3) is 2.05. The Kier molecular flexibility index (Phi) is 3.32. The lowest BCUT2D eigenvalue weighted by Gasteiger charge is -2.23. The van der Waals surface area contributed by atoms with Gasteiger partial charge in [-0.05, 0) is 66.2 Å². The van der Waals surface area contributed by atoms with Gasteiger partial charge in [0.25, 0.3) is 0 Å². The Balaban J connectivity index is 2.00. The molecule has 0 unspecified atom stereocenters. The molecular formula is C16H21BrN2O. The first-order valence-electron chi connectivity index (χ1n) is 7.32. The molecule has 0 atom stereocenters. The van der Waals surface area contributed by atoms with Gasteiger partial charge in [-0.2, -0.15) is 0 Å². The maximum atomic E-state index is 12.8. The molecule has 1 aliphatic carbocycles. The Morgan fingerprint density at radius 1 is 1.35 bits per heavy atom. The molecule has 0 spiro atoms. The van der Waals surface area contributed by atoms with Crippen molar-refractivity contribution >= 4 is 33.2 Å². The maximum Gasteiger partial charge on any atom is 0.237 e. The number of amides is 1. The quantitative estimate of drug-likeness (QED) is 0.834. The van der Waals surface area contributed by atoms with Crippen LogP contribution in [0.4, 0.5) is 11.4 Å². The molecule has 2 aliphatic rings. The van der Waals surface area contributed by atoms with Crippen LogP contribution in [-0.2, 0) is 10.2 Å². The van der Waals surface area contributed by atoms with Gasteiger partial charge in [-0.1, -0.05) is 12.8 Å². The van der Waals surface area contributed by atoms with Gasteiger partial charge in [0.05, 0.1) is 11.1 Å². The van der Waals surface area contributed by atoms with Crippen molar-refractivity contribution in [1.29, 1.82) is 0 Å². The molecule has 1 aromatic rings. The monoisotopic (exact) mass is 336 g/mol. The van der Waals surface area contributed by atoms with Crippen LogP contribution in [0.15, 0.2) is 16.6 Å². The summed E-state index contributed by atoms with van der Waals surface area (Å²) in [6.45, 7) is 4.85. The number of halogens is 1. The van der Waals surface area contributed by atoms with Gasteiger partial charge in [0.2, 0.25) is 5.91 Å². The molecule has 1 saturated carbocycles. The number of carbonyl (C=O) groups is 1.